The second-order valence-corrected chi connectivity index (χ2v) is 6.63. The molecule has 1 saturated heterocycles. The zero-order valence-corrected chi connectivity index (χ0v) is 11.9. The molecule has 3 aliphatic rings. The summed E-state index contributed by atoms with van der Waals surface area (Å²) in [4.78, 5) is 17.1. The van der Waals surface area contributed by atoms with Crippen LogP contribution in [0.25, 0.3) is 0 Å². The van der Waals surface area contributed by atoms with Crippen LogP contribution >= 0.6 is 0 Å². The summed E-state index contributed by atoms with van der Waals surface area (Å²) >= 11 is 0. The molecule has 4 nitrogen and oxygen atoms in total. The third-order valence-corrected chi connectivity index (χ3v) is 5.36. The predicted octanol–water partition coefficient (Wildman–Crippen LogP) is 1.34. The Morgan fingerprint density at radius 2 is 1.53 bits per heavy atom. The summed E-state index contributed by atoms with van der Waals surface area (Å²) in [5, 5.41) is 0. The molecule has 4 heteroatoms. The SMILES string of the molecule is NC1(C(=O)N2CCN(C3CCCC3)CC2)CCCC1. The van der Waals surface area contributed by atoms with Crippen molar-refractivity contribution in [3.63, 3.8) is 0 Å². The Balaban J connectivity index is 1.53. The minimum Gasteiger partial charge on any atom is -0.339 e. The topological polar surface area (TPSA) is 49.6 Å². The number of nitrogens with zero attached hydrogens (tertiary/aromatic N) is 2. The molecule has 3 fully saturated rings. The van der Waals surface area contributed by atoms with Gasteiger partial charge in [0.25, 0.3) is 0 Å². The summed E-state index contributed by atoms with van der Waals surface area (Å²) < 4.78 is 0. The van der Waals surface area contributed by atoms with E-state index < -0.39 is 5.54 Å². The molecule has 0 unspecified atom stereocenters. The summed E-state index contributed by atoms with van der Waals surface area (Å²) in [7, 11) is 0. The van der Waals surface area contributed by atoms with Gasteiger partial charge in [0.05, 0.1) is 5.54 Å². The van der Waals surface area contributed by atoms with E-state index in [0.717, 1.165) is 57.9 Å². The fourth-order valence-electron chi connectivity index (χ4n) is 4.09. The van der Waals surface area contributed by atoms with Crippen LogP contribution in [0.1, 0.15) is 51.4 Å². The molecule has 1 aliphatic heterocycles. The van der Waals surface area contributed by atoms with E-state index in [4.69, 9.17) is 5.73 Å². The molecular weight excluding hydrogens is 238 g/mol. The molecule has 3 rings (SSSR count). The van der Waals surface area contributed by atoms with Crippen LogP contribution in [0, 0.1) is 0 Å². The van der Waals surface area contributed by atoms with Crippen LogP contribution < -0.4 is 5.73 Å². The van der Waals surface area contributed by atoms with Crippen molar-refractivity contribution < 1.29 is 4.79 Å². The molecule has 19 heavy (non-hydrogen) atoms. The Morgan fingerprint density at radius 1 is 0.947 bits per heavy atom. The van der Waals surface area contributed by atoms with Gasteiger partial charge in [-0.15, -0.1) is 0 Å². The van der Waals surface area contributed by atoms with Crippen molar-refractivity contribution >= 4 is 5.91 Å². The van der Waals surface area contributed by atoms with Crippen LogP contribution in [-0.4, -0.2) is 53.5 Å². The maximum atomic E-state index is 12.5. The first-order valence-electron chi connectivity index (χ1n) is 8.01. The first kappa shape index (κ1) is 13.4. The fraction of sp³-hybridized carbons (Fsp3) is 0.933. The molecule has 2 aliphatic carbocycles. The number of nitrogens with two attached hydrogens (primary N) is 1. The van der Waals surface area contributed by atoms with Gasteiger partial charge < -0.3 is 10.6 Å². The van der Waals surface area contributed by atoms with Crippen LogP contribution in [0.5, 0.6) is 0 Å². The van der Waals surface area contributed by atoms with Crippen LogP contribution in [0.15, 0.2) is 0 Å². The molecule has 108 valence electrons. The van der Waals surface area contributed by atoms with Gasteiger partial charge in [-0.3, -0.25) is 9.69 Å². The smallest absolute Gasteiger partial charge is 0.242 e. The molecule has 0 aromatic carbocycles. The zero-order valence-electron chi connectivity index (χ0n) is 11.9. The van der Waals surface area contributed by atoms with E-state index in [1.165, 1.54) is 25.7 Å². The second kappa shape index (κ2) is 5.41. The third-order valence-electron chi connectivity index (χ3n) is 5.36. The average Bonchev–Trinajstić information content (AvgIpc) is 3.10. The van der Waals surface area contributed by atoms with E-state index in [0.29, 0.717) is 0 Å². The van der Waals surface area contributed by atoms with Crippen LogP contribution in [0.2, 0.25) is 0 Å². The maximum absolute atomic E-state index is 12.5. The zero-order chi connectivity index (χ0) is 13.3. The highest BCUT2D eigenvalue weighted by atomic mass is 16.2. The first-order chi connectivity index (χ1) is 9.19. The Morgan fingerprint density at radius 3 is 2.11 bits per heavy atom. The monoisotopic (exact) mass is 265 g/mol. The van der Waals surface area contributed by atoms with E-state index in [9.17, 15) is 4.79 Å². The number of piperazine rings is 1. The summed E-state index contributed by atoms with van der Waals surface area (Å²) in [6, 6.07) is 0.788. The minimum atomic E-state index is -0.532. The van der Waals surface area contributed by atoms with Gasteiger partial charge in [-0.05, 0) is 25.7 Å². The molecule has 0 aromatic rings. The minimum absolute atomic E-state index is 0.219. The van der Waals surface area contributed by atoms with Gasteiger partial charge >= 0.3 is 0 Å². The first-order valence-corrected chi connectivity index (χ1v) is 8.01. The van der Waals surface area contributed by atoms with Crippen LogP contribution in [0.4, 0.5) is 0 Å². The van der Waals surface area contributed by atoms with E-state index >= 15 is 0 Å². The molecule has 2 N–H and O–H groups in total. The number of hydrogen-bond acceptors (Lipinski definition) is 3. The molecule has 0 bridgehead atoms. The fourth-order valence-corrected chi connectivity index (χ4v) is 4.09. The number of carbonyl (C=O) groups is 1. The highest BCUT2D eigenvalue weighted by Crippen LogP contribution is 2.30. The van der Waals surface area contributed by atoms with Crippen molar-refractivity contribution in [1.82, 2.24) is 9.80 Å². The lowest BCUT2D eigenvalue weighted by Gasteiger charge is -2.40. The van der Waals surface area contributed by atoms with Gasteiger partial charge in [-0.25, -0.2) is 0 Å². The van der Waals surface area contributed by atoms with E-state index in [1.807, 2.05) is 4.90 Å². The highest BCUT2D eigenvalue weighted by Gasteiger charge is 2.41. The largest absolute Gasteiger partial charge is 0.339 e. The Bertz CT molecular complexity index is 324. The van der Waals surface area contributed by atoms with Gasteiger partial charge in [0, 0.05) is 32.2 Å². The van der Waals surface area contributed by atoms with Gasteiger partial charge in [0.15, 0.2) is 0 Å². The summed E-state index contributed by atoms with van der Waals surface area (Å²) in [6.45, 7) is 3.86. The number of carbonyl (C=O) groups excluding carboxylic acids is 1. The molecule has 0 aromatic heterocycles. The van der Waals surface area contributed by atoms with Gasteiger partial charge in [0.1, 0.15) is 0 Å². The molecular formula is C15H27N3O. The van der Waals surface area contributed by atoms with Crippen molar-refractivity contribution in [2.75, 3.05) is 26.2 Å². The maximum Gasteiger partial charge on any atom is 0.242 e. The summed E-state index contributed by atoms with van der Waals surface area (Å²) in [6.07, 6.45) is 9.48. The predicted molar refractivity (Wildman–Crippen MR) is 75.8 cm³/mol. The van der Waals surface area contributed by atoms with Gasteiger partial charge in [0.2, 0.25) is 5.91 Å². The number of amides is 1. The second-order valence-electron chi connectivity index (χ2n) is 6.63. The molecule has 1 heterocycles. The summed E-state index contributed by atoms with van der Waals surface area (Å²) in [5.41, 5.74) is 5.75. The van der Waals surface area contributed by atoms with Crippen LogP contribution in [-0.2, 0) is 4.79 Å². The normalized spacial score (nSPS) is 29.0. The summed E-state index contributed by atoms with van der Waals surface area (Å²) in [5.74, 6) is 0.219. The quantitative estimate of drug-likeness (QED) is 0.820. The highest BCUT2D eigenvalue weighted by molar-refractivity contribution is 5.86. The van der Waals surface area contributed by atoms with E-state index in [-0.39, 0.29) is 5.91 Å². The molecule has 0 radical (unpaired) electrons. The molecule has 1 amide bonds. The van der Waals surface area contributed by atoms with Gasteiger partial charge in [-0.2, -0.15) is 0 Å². The Hall–Kier alpha value is -0.610. The number of hydrogen-bond donors (Lipinski definition) is 1. The van der Waals surface area contributed by atoms with Crippen molar-refractivity contribution in [3.05, 3.63) is 0 Å². The molecule has 2 saturated carbocycles. The average molecular weight is 265 g/mol. The Labute approximate surface area is 116 Å². The van der Waals surface area contributed by atoms with E-state index in [1.54, 1.807) is 0 Å². The standard InChI is InChI=1S/C15H27N3O/c16-15(7-3-4-8-15)14(19)18-11-9-17(10-12-18)13-5-1-2-6-13/h13H,1-12,16H2. The van der Waals surface area contributed by atoms with Gasteiger partial charge in [-0.1, -0.05) is 25.7 Å². The molecule has 0 spiro atoms. The third kappa shape index (κ3) is 2.65. The van der Waals surface area contributed by atoms with Crippen molar-refractivity contribution in [2.45, 2.75) is 62.9 Å². The lowest BCUT2D eigenvalue weighted by Crippen LogP contribution is -2.59. The van der Waals surface area contributed by atoms with E-state index in [2.05, 4.69) is 4.90 Å². The van der Waals surface area contributed by atoms with Crippen molar-refractivity contribution in [1.29, 1.82) is 0 Å². The number of rotatable bonds is 2. The molecule has 0 atom stereocenters. The lowest BCUT2D eigenvalue weighted by molar-refractivity contribution is -0.139. The Kier molecular flexibility index (Phi) is 3.81. The van der Waals surface area contributed by atoms with Crippen molar-refractivity contribution in [3.8, 4) is 0 Å². The van der Waals surface area contributed by atoms with Crippen LogP contribution in [0.3, 0.4) is 0 Å². The lowest BCUT2D eigenvalue weighted by atomic mass is 9.96. The van der Waals surface area contributed by atoms with Crippen molar-refractivity contribution in [2.24, 2.45) is 5.73 Å².